The Labute approximate surface area is 158 Å². The summed E-state index contributed by atoms with van der Waals surface area (Å²) in [5, 5.41) is 20.3. The van der Waals surface area contributed by atoms with Crippen LogP contribution in [0.25, 0.3) is 0 Å². The number of hydrogen-bond donors (Lipinski definition) is 0. The largest absolute Gasteiger partial charge is 0.618 e. The van der Waals surface area contributed by atoms with Gasteiger partial charge in [-0.05, 0) is 41.4 Å². The molecule has 0 aromatic carbocycles. The molecule has 0 fully saturated rings. The highest BCUT2D eigenvalue weighted by Gasteiger charge is 2.35. The van der Waals surface area contributed by atoms with Gasteiger partial charge >= 0.3 is 0 Å². The number of carbonyl (C=O) groups is 1. The van der Waals surface area contributed by atoms with E-state index in [2.05, 4.69) is 5.10 Å². The summed E-state index contributed by atoms with van der Waals surface area (Å²) in [4.78, 5) is 13.8. The van der Waals surface area contributed by atoms with Crippen LogP contribution in [-0.4, -0.2) is 22.4 Å². The third-order valence-electron chi connectivity index (χ3n) is 3.98. The van der Waals surface area contributed by atoms with Crippen LogP contribution in [0.2, 0.25) is 0 Å². The first kappa shape index (κ1) is 16.9. The zero-order valence-corrected chi connectivity index (χ0v) is 15.3. The Kier molecular flexibility index (Phi) is 4.77. The van der Waals surface area contributed by atoms with Crippen LogP contribution in [-0.2, 0) is 4.79 Å². The lowest BCUT2D eigenvalue weighted by atomic mass is 10.1. The molecular weight excluding hydrogens is 370 g/mol. The Balaban J connectivity index is 1.54. The molecule has 4 rings (SSSR count). The average Bonchev–Trinajstić information content (AvgIpc) is 3.41. The quantitative estimate of drug-likeness (QED) is 0.383. The summed E-state index contributed by atoms with van der Waals surface area (Å²) in [6, 6.07) is 12.5. The van der Waals surface area contributed by atoms with Gasteiger partial charge in [-0.1, -0.05) is 6.07 Å². The van der Waals surface area contributed by atoms with Crippen molar-refractivity contribution in [2.75, 3.05) is 5.75 Å². The molecule has 0 aliphatic carbocycles. The first-order chi connectivity index (χ1) is 12.7. The fourth-order valence-corrected chi connectivity index (χ4v) is 4.25. The number of hydrazone groups is 1. The van der Waals surface area contributed by atoms with Crippen molar-refractivity contribution in [2.24, 2.45) is 5.10 Å². The second kappa shape index (κ2) is 7.35. The maximum absolute atomic E-state index is 12.8. The smallest absolute Gasteiger partial charge is 0.253 e. The molecule has 0 spiro atoms. The van der Waals surface area contributed by atoms with Crippen LogP contribution >= 0.6 is 23.1 Å². The number of carbonyl (C=O) groups excluding carboxylic acids is 1. The number of thioether (sulfide) groups is 1. The first-order valence-electron chi connectivity index (χ1n) is 8.00. The van der Waals surface area contributed by atoms with Crippen molar-refractivity contribution in [2.45, 2.75) is 17.5 Å². The number of nitrogens with zero attached hydrogens (tertiary/aromatic N) is 3. The van der Waals surface area contributed by atoms with Gasteiger partial charge in [0.05, 0.1) is 22.6 Å². The second-order valence-electron chi connectivity index (χ2n) is 5.65. The lowest BCUT2D eigenvalue weighted by molar-refractivity contribution is -0.645. The molecule has 0 saturated heterocycles. The summed E-state index contributed by atoms with van der Waals surface area (Å²) >= 11 is 2.80. The van der Waals surface area contributed by atoms with Gasteiger partial charge in [-0.3, -0.25) is 4.79 Å². The molecular formula is C18H15N3O3S2. The van der Waals surface area contributed by atoms with Crippen molar-refractivity contribution in [3.8, 4) is 0 Å². The number of rotatable bonds is 5. The van der Waals surface area contributed by atoms with Crippen LogP contribution in [0.5, 0.6) is 0 Å². The molecule has 6 nitrogen and oxygen atoms in total. The lowest BCUT2D eigenvalue weighted by Gasteiger charge is -2.19. The Hall–Kier alpha value is -2.58. The van der Waals surface area contributed by atoms with E-state index < -0.39 is 0 Å². The zero-order chi connectivity index (χ0) is 17.9. The molecule has 8 heteroatoms. The van der Waals surface area contributed by atoms with Crippen molar-refractivity contribution < 1.29 is 13.9 Å². The molecule has 26 heavy (non-hydrogen) atoms. The van der Waals surface area contributed by atoms with E-state index in [1.165, 1.54) is 23.0 Å². The number of aromatic nitrogens is 1. The number of furan rings is 1. The van der Waals surface area contributed by atoms with Crippen LogP contribution in [0.3, 0.4) is 0 Å². The van der Waals surface area contributed by atoms with Gasteiger partial charge in [0.2, 0.25) is 0 Å². The van der Waals surface area contributed by atoms with Crippen LogP contribution in [0, 0.1) is 5.21 Å². The Morgan fingerprint density at radius 3 is 3.00 bits per heavy atom. The summed E-state index contributed by atoms with van der Waals surface area (Å²) in [5.74, 6) is 0.675. The monoisotopic (exact) mass is 385 g/mol. The summed E-state index contributed by atoms with van der Waals surface area (Å²) in [5.41, 5.74) is 0.873. The maximum Gasteiger partial charge on any atom is 0.253 e. The molecule has 1 unspecified atom stereocenters. The van der Waals surface area contributed by atoms with E-state index in [1.807, 2.05) is 23.6 Å². The minimum Gasteiger partial charge on any atom is -0.618 e. The molecule has 0 N–H and O–H groups in total. The molecule has 1 amide bonds. The molecule has 3 aromatic rings. The highest BCUT2D eigenvalue weighted by Crippen LogP contribution is 2.34. The van der Waals surface area contributed by atoms with Crippen LogP contribution in [0.1, 0.15) is 23.1 Å². The van der Waals surface area contributed by atoms with Crippen molar-refractivity contribution in [3.63, 3.8) is 0 Å². The van der Waals surface area contributed by atoms with Crippen LogP contribution in [0.15, 0.2) is 74.8 Å². The van der Waals surface area contributed by atoms with Crippen LogP contribution in [0.4, 0.5) is 0 Å². The summed E-state index contributed by atoms with van der Waals surface area (Å²) < 4.78 is 6.28. The predicted molar refractivity (Wildman–Crippen MR) is 99.9 cm³/mol. The van der Waals surface area contributed by atoms with Crippen molar-refractivity contribution >= 4 is 34.7 Å². The van der Waals surface area contributed by atoms with Gasteiger partial charge in [-0.15, -0.1) is 11.3 Å². The molecule has 0 radical (unpaired) electrons. The van der Waals surface area contributed by atoms with E-state index in [-0.39, 0.29) is 17.7 Å². The zero-order valence-electron chi connectivity index (χ0n) is 13.6. The number of hydrogen-bond acceptors (Lipinski definition) is 6. The number of thiophene rings is 1. The van der Waals surface area contributed by atoms with E-state index in [0.29, 0.717) is 17.2 Å². The average molecular weight is 385 g/mol. The number of amides is 1. The third kappa shape index (κ3) is 3.38. The van der Waals surface area contributed by atoms with E-state index in [1.54, 1.807) is 41.9 Å². The molecule has 3 aromatic heterocycles. The third-order valence-corrected chi connectivity index (χ3v) is 5.90. The Morgan fingerprint density at radius 1 is 1.35 bits per heavy atom. The number of pyridine rings is 1. The Morgan fingerprint density at radius 2 is 2.27 bits per heavy atom. The van der Waals surface area contributed by atoms with E-state index >= 15 is 0 Å². The van der Waals surface area contributed by atoms with Gasteiger partial charge in [0, 0.05) is 18.6 Å². The van der Waals surface area contributed by atoms with E-state index in [4.69, 9.17) is 4.42 Å². The molecule has 1 atom stereocenters. The SMILES string of the molecule is O=C(CSc1cccc[n+]1[O-])N1N=C(c2cccs2)CC1c1ccco1. The summed E-state index contributed by atoms with van der Waals surface area (Å²) in [6.07, 6.45) is 3.62. The molecule has 1 aliphatic heterocycles. The van der Waals surface area contributed by atoms with Crippen molar-refractivity contribution in [1.82, 2.24) is 5.01 Å². The first-order valence-corrected chi connectivity index (χ1v) is 9.87. The molecule has 132 valence electrons. The fraction of sp³-hybridized carbons (Fsp3) is 0.167. The lowest BCUT2D eigenvalue weighted by Crippen LogP contribution is -2.31. The summed E-state index contributed by atoms with van der Waals surface area (Å²) in [7, 11) is 0. The normalized spacial score (nSPS) is 16.7. The maximum atomic E-state index is 12.8. The highest BCUT2D eigenvalue weighted by molar-refractivity contribution is 7.99. The van der Waals surface area contributed by atoms with Gasteiger partial charge in [-0.25, -0.2) is 5.01 Å². The fourth-order valence-electron chi connectivity index (χ4n) is 2.76. The topological polar surface area (TPSA) is 72.8 Å². The van der Waals surface area contributed by atoms with E-state index in [9.17, 15) is 10.0 Å². The van der Waals surface area contributed by atoms with Gasteiger partial charge in [-0.2, -0.15) is 9.83 Å². The second-order valence-corrected chi connectivity index (χ2v) is 7.59. The van der Waals surface area contributed by atoms with Gasteiger partial charge in [0.15, 0.2) is 6.20 Å². The Bertz CT molecular complexity index is 923. The summed E-state index contributed by atoms with van der Waals surface area (Å²) in [6.45, 7) is 0. The predicted octanol–water partition coefficient (Wildman–Crippen LogP) is 3.44. The van der Waals surface area contributed by atoms with E-state index in [0.717, 1.165) is 15.3 Å². The van der Waals surface area contributed by atoms with Gasteiger partial charge < -0.3 is 9.62 Å². The van der Waals surface area contributed by atoms with Gasteiger partial charge in [0.1, 0.15) is 11.8 Å². The molecule has 0 saturated carbocycles. The minimum atomic E-state index is -0.259. The van der Waals surface area contributed by atoms with Crippen molar-refractivity contribution in [1.29, 1.82) is 0 Å². The van der Waals surface area contributed by atoms with Crippen LogP contribution < -0.4 is 4.73 Å². The molecule has 4 heterocycles. The van der Waals surface area contributed by atoms with Gasteiger partial charge in [0.25, 0.3) is 10.9 Å². The van der Waals surface area contributed by atoms with Crippen molar-refractivity contribution in [3.05, 3.63) is 76.1 Å². The molecule has 1 aliphatic rings. The molecule has 0 bridgehead atoms. The standard InChI is InChI=1S/C18H15N3O3S2/c22-17(12-26-18-7-1-2-8-20(18)23)21-14(15-5-3-9-24-15)11-13(19-21)16-6-4-10-25-16/h1-10,14H,11-12H2. The highest BCUT2D eigenvalue weighted by atomic mass is 32.2. The minimum absolute atomic E-state index is 0.130.